The second kappa shape index (κ2) is 6.72. The van der Waals surface area contributed by atoms with E-state index in [0.717, 1.165) is 12.0 Å². The number of hydrogen-bond donors (Lipinski definition) is 2. The van der Waals surface area contributed by atoms with Crippen molar-refractivity contribution in [1.29, 1.82) is 0 Å². The maximum Gasteiger partial charge on any atom is 0.336 e. The molecule has 0 saturated carbocycles. The van der Waals surface area contributed by atoms with Crippen molar-refractivity contribution in [2.24, 2.45) is 0 Å². The Balaban J connectivity index is 2.31. The molecule has 2 N–H and O–H groups in total. The quantitative estimate of drug-likeness (QED) is 0.809. The third-order valence-electron chi connectivity index (χ3n) is 3.25. The highest BCUT2D eigenvalue weighted by Crippen LogP contribution is 2.30. The number of rotatable bonds is 5. The predicted octanol–water partition coefficient (Wildman–Crippen LogP) is 4.85. The summed E-state index contributed by atoms with van der Waals surface area (Å²) >= 11 is 3.00. The number of nitrogens with one attached hydrogen (secondary N) is 1. The van der Waals surface area contributed by atoms with E-state index < -0.39 is 11.8 Å². The Morgan fingerprint density at radius 2 is 1.95 bits per heavy atom. The molecule has 0 aliphatic heterocycles. The molecule has 21 heavy (non-hydrogen) atoms. The molecule has 1 unspecified atom stereocenters. The summed E-state index contributed by atoms with van der Waals surface area (Å²) in [6, 6.07) is 12.5. The lowest BCUT2D eigenvalue weighted by Crippen LogP contribution is -2.12. The zero-order valence-corrected chi connectivity index (χ0v) is 13.0. The smallest absolute Gasteiger partial charge is 0.336 e. The van der Waals surface area contributed by atoms with Gasteiger partial charge in [0, 0.05) is 0 Å². The third kappa shape index (κ3) is 3.42. The van der Waals surface area contributed by atoms with Crippen LogP contribution >= 0.6 is 15.9 Å². The second-order valence-corrected chi connectivity index (χ2v) is 5.40. The van der Waals surface area contributed by atoms with Gasteiger partial charge in [-0.25, -0.2) is 9.18 Å². The molecule has 2 aromatic carbocycles. The van der Waals surface area contributed by atoms with Gasteiger partial charge < -0.3 is 10.4 Å². The van der Waals surface area contributed by atoms with E-state index in [1.807, 2.05) is 37.3 Å². The van der Waals surface area contributed by atoms with Crippen LogP contribution in [0.15, 0.2) is 46.9 Å². The maximum atomic E-state index is 14.3. The highest BCUT2D eigenvalue weighted by Gasteiger charge is 2.18. The lowest BCUT2D eigenvalue weighted by molar-refractivity contribution is 0.0695. The van der Waals surface area contributed by atoms with Crippen LogP contribution in [0.3, 0.4) is 0 Å². The monoisotopic (exact) mass is 351 g/mol. The van der Waals surface area contributed by atoms with Gasteiger partial charge in [0.05, 0.1) is 21.8 Å². The zero-order chi connectivity index (χ0) is 15.4. The van der Waals surface area contributed by atoms with Gasteiger partial charge in [0.1, 0.15) is 0 Å². The van der Waals surface area contributed by atoms with Gasteiger partial charge in [-0.2, -0.15) is 0 Å². The average molecular weight is 352 g/mol. The molecule has 110 valence electrons. The van der Waals surface area contributed by atoms with Crippen molar-refractivity contribution >= 4 is 27.6 Å². The minimum atomic E-state index is -1.16. The molecular formula is C16H15BrFNO2. The molecule has 0 saturated heterocycles. The summed E-state index contributed by atoms with van der Waals surface area (Å²) in [7, 11) is 0. The molecule has 5 heteroatoms. The van der Waals surface area contributed by atoms with E-state index in [4.69, 9.17) is 5.11 Å². The van der Waals surface area contributed by atoms with Crippen molar-refractivity contribution in [3.63, 3.8) is 0 Å². The average Bonchev–Trinajstić information content (AvgIpc) is 2.49. The highest BCUT2D eigenvalue weighted by atomic mass is 79.9. The molecule has 0 aliphatic carbocycles. The molecule has 0 fully saturated rings. The molecule has 0 spiro atoms. The molecular weight excluding hydrogens is 337 g/mol. The van der Waals surface area contributed by atoms with Crippen LogP contribution in [0, 0.1) is 5.82 Å². The fourth-order valence-electron chi connectivity index (χ4n) is 2.12. The summed E-state index contributed by atoms with van der Waals surface area (Å²) in [6.07, 6.45) is 0.780. The largest absolute Gasteiger partial charge is 0.478 e. The minimum absolute atomic E-state index is 0.0386. The Morgan fingerprint density at radius 3 is 2.52 bits per heavy atom. The van der Waals surface area contributed by atoms with E-state index >= 15 is 0 Å². The van der Waals surface area contributed by atoms with Crippen molar-refractivity contribution in [2.75, 3.05) is 5.32 Å². The number of carboxylic acids is 1. The van der Waals surface area contributed by atoms with Crippen LogP contribution in [0.2, 0.25) is 0 Å². The van der Waals surface area contributed by atoms with Gasteiger partial charge in [-0.15, -0.1) is 0 Å². The maximum absolute atomic E-state index is 14.3. The molecule has 3 nitrogen and oxygen atoms in total. The van der Waals surface area contributed by atoms with E-state index in [1.54, 1.807) is 0 Å². The van der Waals surface area contributed by atoms with Gasteiger partial charge in [-0.3, -0.25) is 0 Å². The molecule has 0 radical (unpaired) electrons. The van der Waals surface area contributed by atoms with Crippen molar-refractivity contribution in [3.8, 4) is 0 Å². The summed E-state index contributed by atoms with van der Waals surface area (Å²) in [5, 5.41) is 12.1. The van der Waals surface area contributed by atoms with Crippen molar-refractivity contribution < 1.29 is 14.3 Å². The predicted molar refractivity (Wildman–Crippen MR) is 84.2 cm³/mol. The molecule has 0 amide bonds. The van der Waals surface area contributed by atoms with Gasteiger partial charge in [0.25, 0.3) is 0 Å². The molecule has 2 aromatic rings. The van der Waals surface area contributed by atoms with E-state index in [2.05, 4.69) is 21.2 Å². The molecule has 2 rings (SSSR count). The normalized spacial score (nSPS) is 12.0. The van der Waals surface area contributed by atoms with Crippen molar-refractivity contribution in [1.82, 2.24) is 0 Å². The van der Waals surface area contributed by atoms with Crippen LogP contribution in [0.5, 0.6) is 0 Å². The first-order valence-corrected chi connectivity index (χ1v) is 7.36. The second-order valence-electron chi connectivity index (χ2n) is 4.61. The van der Waals surface area contributed by atoms with Gasteiger partial charge in [-0.05, 0) is 40.0 Å². The number of hydrogen-bond acceptors (Lipinski definition) is 2. The van der Waals surface area contributed by atoms with Crippen LogP contribution in [0.4, 0.5) is 10.1 Å². The SMILES string of the molecule is CCC(Nc1ccc(C(=O)O)c(Br)c1F)c1ccccc1. The molecule has 0 aromatic heterocycles. The van der Waals surface area contributed by atoms with Crippen LogP contribution in [-0.4, -0.2) is 11.1 Å². The van der Waals surface area contributed by atoms with Crippen LogP contribution in [0.25, 0.3) is 0 Å². The van der Waals surface area contributed by atoms with E-state index in [0.29, 0.717) is 0 Å². The van der Waals surface area contributed by atoms with Gasteiger partial charge in [0.2, 0.25) is 0 Å². The Hall–Kier alpha value is -1.88. The first-order chi connectivity index (χ1) is 10.0. The van der Waals surface area contributed by atoms with Crippen LogP contribution < -0.4 is 5.32 Å². The van der Waals surface area contributed by atoms with Crippen LogP contribution in [-0.2, 0) is 0 Å². The first kappa shape index (κ1) is 15.5. The minimum Gasteiger partial charge on any atom is -0.478 e. The summed E-state index contributed by atoms with van der Waals surface area (Å²) < 4.78 is 14.2. The lowest BCUT2D eigenvalue weighted by Gasteiger charge is -2.20. The fourth-order valence-corrected chi connectivity index (χ4v) is 2.64. The topological polar surface area (TPSA) is 49.3 Å². The molecule has 1 atom stereocenters. The molecule has 0 heterocycles. The lowest BCUT2D eigenvalue weighted by atomic mass is 10.0. The number of halogens is 2. The summed E-state index contributed by atoms with van der Waals surface area (Å²) in [5.74, 6) is -1.76. The van der Waals surface area contributed by atoms with Gasteiger partial charge >= 0.3 is 5.97 Å². The van der Waals surface area contributed by atoms with Gasteiger partial charge in [-0.1, -0.05) is 37.3 Å². The number of carboxylic acid groups (broad SMARTS) is 1. The highest BCUT2D eigenvalue weighted by molar-refractivity contribution is 9.10. The third-order valence-corrected chi connectivity index (χ3v) is 4.03. The number of aromatic carboxylic acids is 1. The number of benzene rings is 2. The van der Waals surface area contributed by atoms with E-state index in [9.17, 15) is 9.18 Å². The summed E-state index contributed by atoms with van der Waals surface area (Å²) in [6.45, 7) is 2.00. The Bertz CT molecular complexity index is 646. The summed E-state index contributed by atoms with van der Waals surface area (Å²) in [5.41, 5.74) is 1.24. The number of carbonyl (C=O) groups is 1. The standard InChI is InChI=1S/C16H15BrFNO2/c1-2-12(10-6-4-3-5-7-10)19-13-9-8-11(16(20)21)14(17)15(13)18/h3-9,12,19H,2H2,1H3,(H,20,21). The zero-order valence-electron chi connectivity index (χ0n) is 11.4. The Kier molecular flexibility index (Phi) is 4.96. The number of anilines is 1. The molecule has 0 aliphatic rings. The Labute approximate surface area is 130 Å². The van der Waals surface area contributed by atoms with Crippen molar-refractivity contribution in [3.05, 3.63) is 63.9 Å². The Morgan fingerprint density at radius 1 is 1.29 bits per heavy atom. The van der Waals surface area contributed by atoms with Gasteiger partial charge in [0.15, 0.2) is 5.82 Å². The molecule has 0 bridgehead atoms. The van der Waals surface area contributed by atoms with E-state index in [-0.39, 0.29) is 21.8 Å². The van der Waals surface area contributed by atoms with Crippen molar-refractivity contribution in [2.45, 2.75) is 19.4 Å². The van der Waals surface area contributed by atoms with E-state index in [1.165, 1.54) is 12.1 Å². The first-order valence-electron chi connectivity index (χ1n) is 6.57. The summed E-state index contributed by atoms with van der Waals surface area (Å²) in [4.78, 5) is 11.0. The van der Waals surface area contributed by atoms with Crippen LogP contribution in [0.1, 0.15) is 35.3 Å². The fraction of sp³-hybridized carbons (Fsp3) is 0.188.